The summed E-state index contributed by atoms with van der Waals surface area (Å²) in [6, 6.07) is 19.1. The molecule has 10 nitrogen and oxygen atoms in total. The number of hydrogen-bond acceptors (Lipinski definition) is 7. The lowest BCUT2D eigenvalue weighted by atomic mass is 9.49. The van der Waals surface area contributed by atoms with Gasteiger partial charge in [-0.1, -0.05) is 59.6 Å². The van der Waals surface area contributed by atoms with Crippen molar-refractivity contribution in [2.24, 2.45) is 23.7 Å². The number of methoxy groups -OCH3 is 1. The predicted molar refractivity (Wildman–Crippen MR) is 182 cm³/mol. The summed E-state index contributed by atoms with van der Waals surface area (Å²) >= 11 is 8.35. The van der Waals surface area contributed by atoms with E-state index in [1.165, 1.54) is 12.0 Å². The summed E-state index contributed by atoms with van der Waals surface area (Å²) in [7, 11) is 1.43. The van der Waals surface area contributed by atoms with Gasteiger partial charge in [-0.3, -0.25) is 28.9 Å². The number of benzene rings is 3. The molecule has 6 unspecified atom stereocenters. The van der Waals surface area contributed by atoms with E-state index in [0.717, 1.165) is 10.5 Å². The third-order valence-corrected chi connectivity index (χ3v) is 11.5. The number of imide groups is 2. The van der Waals surface area contributed by atoms with E-state index in [-0.39, 0.29) is 37.3 Å². The highest BCUT2D eigenvalue weighted by Gasteiger charge is 2.70. The van der Waals surface area contributed by atoms with Gasteiger partial charge in [0.25, 0.3) is 0 Å². The molecule has 246 valence electrons. The summed E-state index contributed by atoms with van der Waals surface area (Å²) in [5.41, 5.74) is 0.806. The number of allylic oxidation sites excluding steroid dienone is 2. The van der Waals surface area contributed by atoms with Gasteiger partial charge in [0.1, 0.15) is 0 Å². The van der Waals surface area contributed by atoms with E-state index >= 15 is 4.79 Å². The van der Waals surface area contributed by atoms with Crippen molar-refractivity contribution >= 4 is 69.5 Å². The largest absolute Gasteiger partial charge is 0.504 e. The second-order valence-electron chi connectivity index (χ2n) is 12.6. The Hall–Kier alpha value is -4.23. The number of hydrogen-bond donors (Lipinski definition) is 2. The third-order valence-electron chi connectivity index (χ3n) is 10.4. The number of carbonyl (C=O) groups excluding carboxylic acids is 4. The van der Waals surface area contributed by atoms with Crippen molar-refractivity contribution < 1.29 is 38.9 Å². The van der Waals surface area contributed by atoms with Gasteiger partial charge >= 0.3 is 5.97 Å². The number of anilines is 1. The van der Waals surface area contributed by atoms with Crippen molar-refractivity contribution in [1.82, 2.24) is 4.90 Å². The number of phenolic OH excluding ortho intramolecular Hbond substituents is 1. The van der Waals surface area contributed by atoms with Crippen LogP contribution in [0, 0.1) is 27.2 Å². The molecule has 48 heavy (non-hydrogen) atoms. The first-order chi connectivity index (χ1) is 23.0. The average Bonchev–Trinajstić information content (AvgIpc) is 3.45. The van der Waals surface area contributed by atoms with Crippen LogP contribution in [0.5, 0.6) is 11.5 Å². The first-order valence-corrected chi connectivity index (χ1v) is 17.0. The van der Waals surface area contributed by atoms with Gasteiger partial charge in [-0.15, -0.1) is 0 Å². The highest BCUT2D eigenvalue weighted by atomic mass is 127. The normalized spacial score (nSPS) is 27.8. The number of phenols is 1. The zero-order chi connectivity index (χ0) is 34.1. The molecule has 0 bridgehead atoms. The van der Waals surface area contributed by atoms with Gasteiger partial charge in [-0.25, -0.2) is 4.90 Å². The monoisotopic (exact) mass is 780 g/mol. The smallest absolute Gasteiger partial charge is 0.305 e. The van der Waals surface area contributed by atoms with Crippen molar-refractivity contribution in [2.45, 2.75) is 30.6 Å². The maximum absolute atomic E-state index is 15.3. The number of aliphatic carboxylic acids is 1. The summed E-state index contributed by atoms with van der Waals surface area (Å²) in [5.74, 6) is -6.69. The number of carboxylic acids is 1. The lowest BCUT2D eigenvalue weighted by Crippen LogP contribution is -2.53. The maximum atomic E-state index is 15.3. The molecule has 4 amide bonds. The predicted octanol–water partition coefficient (Wildman–Crippen LogP) is 5.30. The topological polar surface area (TPSA) is 142 Å². The fourth-order valence-electron chi connectivity index (χ4n) is 8.53. The van der Waals surface area contributed by atoms with Crippen LogP contribution in [0.3, 0.4) is 0 Å². The fourth-order valence-corrected chi connectivity index (χ4v) is 9.34. The number of ether oxygens (including phenoxy) is 1. The van der Waals surface area contributed by atoms with Crippen LogP contribution < -0.4 is 9.64 Å². The number of aromatic hydroxyl groups is 1. The summed E-state index contributed by atoms with van der Waals surface area (Å²) in [5, 5.41) is 20.5. The number of halogens is 2. The molecule has 2 aliphatic heterocycles. The van der Waals surface area contributed by atoms with Crippen LogP contribution in [-0.2, 0) is 29.4 Å². The van der Waals surface area contributed by atoms with Gasteiger partial charge in [0.05, 0.1) is 46.0 Å². The minimum Gasteiger partial charge on any atom is -0.504 e. The molecule has 3 aromatic carbocycles. The van der Waals surface area contributed by atoms with E-state index in [0.29, 0.717) is 25.4 Å². The first-order valence-electron chi connectivity index (χ1n) is 15.5. The molecule has 0 radical (unpaired) electrons. The molecule has 2 saturated heterocycles. The SMILES string of the molecule is COc1cc(C2C3=CCC4C(=O)N(CCC(=O)O)C(=O)C4C3CC3C(=O)N(c4cccc(Cl)c4)C(=O)C32c2ccccc2)cc(I)c1O. The van der Waals surface area contributed by atoms with Crippen LogP contribution in [-0.4, -0.2) is 58.4 Å². The van der Waals surface area contributed by atoms with E-state index in [9.17, 15) is 29.4 Å². The van der Waals surface area contributed by atoms with Crippen LogP contribution >= 0.6 is 34.2 Å². The van der Waals surface area contributed by atoms with Crippen molar-refractivity contribution in [2.75, 3.05) is 18.6 Å². The summed E-state index contributed by atoms with van der Waals surface area (Å²) in [6.07, 6.45) is 1.87. The Morgan fingerprint density at radius 3 is 2.44 bits per heavy atom. The van der Waals surface area contributed by atoms with Crippen LogP contribution in [0.4, 0.5) is 5.69 Å². The second kappa shape index (κ2) is 12.0. The minimum absolute atomic E-state index is 0.0720. The highest BCUT2D eigenvalue weighted by molar-refractivity contribution is 14.1. The van der Waals surface area contributed by atoms with Gasteiger partial charge in [0, 0.05) is 17.5 Å². The molecule has 0 aromatic heterocycles. The number of likely N-dealkylation sites (tertiary alicyclic amines) is 1. The average molecular weight is 781 g/mol. The molecule has 1 saturated carbocycles. The molecule has 12 heteroatoms. The number of nitrogens with zero attached hydrogens (tertiary/aromatic N) is 2. The van der Waals surface area contributed by atoms with Crippen LogP contribution in [0.25, 0.3) is 0 Å². The van der Waals surface area contributed by atoms with Crippen LogP contribution in [0.2, 0.25) is 5.02 Å². The van der Waals surface area contributed by atoms with Crippen LogP contribution in [0.15, 0.2) is 78.4 Å². The number of fused-ring (bicyclic) bond motifs is 4. The molecular weight excluding hydrogens is 751 g/mol. The molecule has 2 aliphatic carbocycles. The van der Waals surface area contributed by atoms with Crippen LogP contribution in [0.1, 0.15) is 36.3 Å². The summed E-state index contributed by atoms with van der Waals surface area (Å²) in [6.45, 7) is -0.240. The van der Waals surface area contributed by atoms with E-state index in [1.54, 1.807) is 36.4 Å². The number of rotatable bonds is 7. The van der Waals surface area contributed by atoms with E-state index in [1.807, 2.05) is 59.0 Å². The lowest BCUT2D eigenvalue weighted by Gasteiger charge is -2.50. The Balaban J connectivity index is 1.48. The molecule has 2 N–H and O–H groups in total. The lowest BCUT2D eigenvalue weighted by molar-refractivity contribution is -0.142. The fraction of sp³-hybridized carbons (Fsp3) is 0.306. The summed E-state index contributed by atoms with van der Waals surface area (Å²) in [4.78, 5) is 71.2. The minimum atomic E-state index is -1.48. The van der Waals surface area contributed by atoms with E-state index in [2.05, 4.69) is 0 Å². The van der Waals surface area contributed by atoms with Gasteiger partial charge < -0.3 is 14.9 Å². The number of amides is 4. The molecular formula is C36H30ClIN2O8. The maximum Gasteiger partial charge on any atom is 0.305 e. The molecule has 2 heterocycles. The number of carboxylic acid groups (broad SMARTS) is 1. The molecule has 3 aromatic rings. The van der Waals surface area contributed by atoms with E-state index in [4.69, 9.17) is 16.3 Å². The van der Waals surface area contributed by atoms with Gasteiger partial charge in [-0.2, -0.15) is 0 Å². The Morgan fingerprint density at radius 2 is 1.75 bits per heavy atom. The van der Waals surface area contributed by atoms with Crippen molar-refractivity contribution in [3.05, 3.63) is 98.1 Å². The highest BCUT2D eigenvalue weighted by Crippen LogP contribution is 2.65. The van der Waals surface area contributed by atoms with Gasteiger partial charge in [0.15, 0.2) is 11.5 Å². The van der Waals surface area contributed by atoms with Gasteiger partial charge in [0.2, 0.25) is 23.6 Å². The van der Waals surface area contributed by atoms with E-state index < -0.39 is 64.6 Å². The molecule has 7 rings (SSSR count). The quantitative estimate of drug-likeness (QED) is 0.187. The third kappa shape index (κ3) is 4.68. The zero-order valence-electron chi connectivity index (χ0n) is 25.6. The first kappa shape index (κ1) is 32.3. The van der Waals surface area contributed by atoms with Crippen molar-refractivity contribution in [3.63, 3.8) is 0 Å². The Kier molecular flexibility index (Phi) is 8.10. The molecule has 6 atom stereocenters. The standard InChI is InChI=1S/C36H30ClIN2O8/c1-48-27-15-18(14-26(38)31(27)43)30-22-10-11-23-29(34(46)39(32(23)44)13-12-28(41)42)24(22)17-25-33(45)40(21-9-5-8-20(37)16-21)35(47)36(25,30)19-6-3-2-4-7-19/h2-10,14-16,23-25,29-30,43H,11-13,17H2,1H3,(H,41,42). The van der Waals surface area contributed by atoms with Gasteiger partial charge in [-0.05, 0) is 82.8 Å². The second-order valence-corrected chi connectivity index (χ2v) is 14.2. The van der Waals surface area contributed by atoms with Crippen molar-refractivity contribution in [1.29, 1.82) is 0 Å². The summed E-state index contributed by atoms with van der Waals surface area (Å²) < 4.78 is 6.02. The Labute approximate surface area is 294 Å². The molecule has 3 fully saturated rings. The Morgan fingerprint density at radius 1 is 1.00 bits per heavy atom. The zero-order valence-corrected chi connectivity index (χ0v) is 28.6. The molecule has 4 aliphatic rings. The Bertz CT molecular complexity index is 1930. The number of carbonyl (C=O) groups is 5. The van der Waals surface area contributed by atoms with Crippen molar-refractivity contribution in [3.8, 4) is 11.5 Å². The molecule has 0 spiro atoms.